The summed E-state index contributed by atoms with van der Waals surface area (Å²) >= 11 is 0. The van der Waals surface area contributed by atoms with Crippen LogP contribution in [0, 0.1) is 6.92 Å². The largest absolute Gasteiger partial charge is 0.468 e. The number of rotatable bonds is 4. The first kappa shape index (κ1) is 14.5. The average Bonchev–Trinajstić information content (AvgIpc) is 2.51. The molecular weight excluding hydrogens is 260 g/mol. The Labute approximate surface area is 105 Å². The number of carbonyl (C=O) groups excluding carboxylic acids is 1. The van der Waals surface area contributed by atoms with Gasteiger partial charge in [0.2, 0.25) is 10.0 Å². The van der Waals surface area contributed by atoms with Crippen molar-refractivity contribution in [2.45, 2.75) is 24.8 Å². The predicted molar refractivity (Wildman–Crippen MR) is 64.2 cm³/mol. The highest BCUT2D eigenvalue weighted by molar-refractivity contribution is 7.89. The Morgan fingerprint density at radius 3 is 2.50 bits per heavy atom. The number of hydrogen-bond acceptors (Lipinski definition) is 6. The molecule has 1 heterocycles. The molecule has 1 atom stereocenters. The van der Waals surface area contributed by atoms with Gasteiger partial charge in [0.25, 0.3) is 0 Å². The molecule has 0 bridgehead atoms. The molecule has 1 rings (SSSR count). The molecule has 0 aromatic carbocycles. The van der Waals surface area contributed by atoms with Crippen LogP contribution in [0.4, 0.5) is 5.82 Å². The molecule has 0 radical (unpaired) electrons. The zero-order chi connectivity index (χ0) is 14.1. The van der Waals surface area contributed by atoms with Crippen molar-refractivity contribution in [1.29, 1.82) is 0 Å². The van der Waals surface area contributed by atoms with Crippen LogP contribution in [0.25, 0.3) is 0 Å². The molecule has 0 spiro atoms. The molecule has 1 aromatic rings. The minimum absolute atomic E-state index is 0.112. The van der Waals surface area contributed by atoms with Crippen molar-refractivity contribution in [3.05, 3.63) is 5.69 Å². The Morgan fingerprint density at radius 1 is 1.56 bits per heavy atom. The Morgan fingerprint density at radius 2 is 2.11 bits per heavy atom. The molecule has 102 valence electrons. The first-order valence-corrected chi connectivity index (χ1v) is 6.58. The fraction of sp³-hybridized carbons (Fsp3) is 0.556. The van der Waals surface area contributed by atoms with E-state index in [1.54, 1.807) is 14.0 Å². The van der Waals surface area contributed by atoms with Crippen LogP contribution in [0.2, 0.25) is 0 Å². The second kappa shape index (κ2) is 4.94. The molecule has 9 heteroatoms. The summed E-state index contributed by atoms with van der Waals surface area (Å²) in [6.45, 7) is 2.95. The first-order valence-electron chi connectivity index (χ1n) is 5.10. The van der Waals surface area contributed by atoms with E-state index in [0.29, 0.717) is 5.69 Å². The zero-order valence-corrected chi connectivity index (χ0v) is 11.4. The normalized spacial score (nSPS) is 13.3. The number of hydrogen-bond donors (Lipinski definition) is 2. The van der Waals surface area contributed by atoms with Gasteiger partial charge in [0.1, 0.15) is 10.9 Å². The highest BCUT2D eigenvalue weighted by Gasteiger charge is 2.28. The quantitative estimate of drug-likeness (QED) is 0.692. The minimum Gasteiger partial charge on any atom is -0.468 e. The monoisotopic (exact) mass is 276 g/mol. The summed E-state index contributed by atoms with van der Waals surface area (Å²) in [5, 5.41) is 3.81. The predicted octanol–water partition coefficient (Wildman–Crippen LogP) is -0.849. The number of nitrogen functional groups attached to an aromatic ring is 1. The van der Waals surface area contributed by atoms with E-state index in [9.17, 15) is 13.2 Å². The number of methoxy groups -OCH3 is 1. The van der Waals surface area contributed by atoms with Gasteiger partial charge in [0, 0.05) is 7.05 Å². The third kappa shape index (κ3) is 2.62. The average molecular weight is 276 g/mol. The molecule has 8 nitrogen and oxygen atoms in total. The van der Waals surface area contributed by atoms with E-state index in [4.69, 9.17) is 5.73 Å². The summed E-state index contributed by atoms with van der Waals surface area (Å²) in [5.74, 6) is -0.793. The van der Waals surface area contributed by atoms with Crippen LogP contribution in [0.15, 0.2) is 4.90 Å². The molecule has 0 aliphatic heterocycles. The Balaban J connectivity index is 3.11. The maximum absolute atomic E-state index is 12.1. The van der Waals surface area contributed by atoms with E-state index in [1.165, 1.54) is 18.7 Å². The van der Waals surface area contributed by atoms with E-state index >= 15 is 0 Å². The number of sulfonamides is 1. The van der Waals surface area contributed by atoms with Crippen LogP contribution in [0.3, 0.4) is 0 Å². The van der Waals surface area contributed by atoms with Crippen LogP contribution < -0.4 is 10.5 Å². The Bertz CT molecular complexity index is 563. The Hall–Kier alpha value is -1.61. The van der Waals surface area contributed by atoms with Crippen molar-refractivity contribution in [2.75, 3.05) is 12.8 Å². The molecular formula is C9H16N4O4S. The minimum atomic E-state index is -3.91. The SMILES string of the molecule is COC(=O)C(C)NS(=O)(=O)c1c(N)nn(C)c1C. The number of anilines is 1. The van der Waals surface area contributed by atoms with E-state index < -0.39 is 22.0 Å². The third-order valence-electron chi connectivity index (χ3n) is 2.46. The van der Waals surface area contributed by atoms with Gasteiger partial charge in [-0.15, -0.1) is 0 Å². The van der Waals surface area contributed by atoms with Crippen LogP contribution in [-0.4, -0.2) is 37.3 Å². The molecule has 0 saturated carbocycles. The molecule has 18 heavy (non-hydrogen) atoms. The zero-order valence-electron chi connectivity index (χ0n) is 10.6. The maximum Gasteiger partial charge on any atom is 0.323 e. The smallest absolute Gasteiger partial charge is 0.323 e. The molecule has 3 N–H and O–H groups in total. The van der Waals surface area contributed by atoms with E-state index in [0.717, 1.165) is 0 Å². The molecule has 0 aliphatic carbocycles. The molecule has 0 saturated heterocycles. The summed E-state index contributed by atoms with van der Waals surface area (Å²) in [6, 6.07) is -1.00. The van der Waals surface area contributed by atoms with E-state index in [-0.39, 0.29) is 10.7 Å². The molecule has 0 amide bonds. The lowest BCUT2D eigenvalue weighted by Crippen LogP contribution is -2.39. The van der Waals surface area contributed by atoms with E-state index in [2.05, 4.69) is 14.6 Å². The van der Waals surface area contributed by atoms with Crippen molar-refractivity contribution < 1.29 is 17.9 Å². The van der Waals surface area contributed by atoms with Crippen molar-refractivity contribution in [3.8, 4) is 0 Å². The third-order valence-corrected chi connectivity index (χ3v) is 4.17. The topological polar surface area (TPSA) is 116 Å². The van der Waals surface area contributed by atoms with Gasteiger partial charge in [-0.2, -0.15) is 9.82 Å². The van der Waals surface area contributed by atoms with E-state index in [1.807, 2.05) is 0 Å². The van der Waals surface area contributed by atoms with Gasteiger partial charge in [-0.25, -0.2) is 8.42 Å². The van der Waals surface area contributed by atoms with Gasteiger partial charge < -0.3 is 10.5 Å². The van der Waals surface area contributed by atoms with Crippen molar-refractivity contribution in [3.63, 3.8) is 0 Å². The maximum atomic E-state index is 12.1. The van der Waals surface area contributed by atoms with Gasteiger partial charge in [0.05, 0.1) is 12.8 Å². The number of nitrogens with zero attached hydrogens (tertiary/aromatic N) is 2. The van der Waals surface area contributed by atoms with Crippen LogP contribution in [0.1, 0.15) is 12.6 Å². The lowest BCUT2D eigenvalue weighted by molar-refractivity contribution is -0.142. The number of carbonyl (C=O) groups is 1. The number of aryl methyl sites for hydroxylation is 1. The lowest BCUT2D eigenvalue weighted by atomic mass is 10.4. The lowest BCUT2D eigenvalue weighted by Gasteiger charge is -2.12. The second-order valence-electron chi connectivity index (χ2n) is 3.79. The van der Waals surface area contributed by atoms with Gasteiger partial charge >= 0.3 is 5.97 Å². The molecule has 0 aliphatic rings. The fourth-order valence-electron chi connectivity index (χ4n) is 1.46. The van der Waals surface area contributed by atoms with Crippen molar-refractivity contribution in [1.82, 2.24) is 14.5 Å². The number of aromatic nitrogens is 2. The summed E-state index contributed by atoms with van der Waals surface area (Å²) in [4.78, 5) is 11.1. The van der Waals surface area contributed by atoms with Crippen molar-refractivity contribution >= 4 is 21.8 Å². The summed E-state index contributed by atoms with van der Waals surface area (Å²) in [5.41, 5.74) is 5.93. The standard InChI is InChI=1S/C9H16N4O4S/c1-5(9(14)17-4)12-18(15,16)7-6(2)13(3)11-8(7)10/h5,12H,1-4H3,(H2,10,11). The first-order chi connectivity index (χ1) is 8.20. The molecule has 1 aromatic heterocycles. The summed E-state index contributed by atoms with van der Waals surface area (Å²) < 4.78 is 32.1. The molecule has 1 unspecified atom stereocenters. The highest BCUT2D eigenvalue weighted by Crippen LogP contribution is 2.21. The van der Waals surface area contributed by atoms with Gasteiger partial charge in [-0.3, -0.25) is 9.48 Å². The van der Waals surface area contributed by atoms with Gasteiger partial charge in [-0.05, 0) is 13.8 Å². The summed E-state index contributed by atoms with van der Waals surface area (Å²) in [6.07, 6.45) is 0. The number of nitrogens with two attached hydrogens (primary N) is 1. The van der Waals surface area contributed by atoms with Crippen LogP contribution in [0.5, 0.6) is 0 Å². The number of esters is 1. The van der Waals surface area contributed by atoms with Crippen LogP contribution >= 0.6 is 0 Å². The molecule has 0 fully saturated rings. The number of nitrogens with one attached hydrogen (secondary N) is 1. The highest BCUT2D eigenvalue weighted by atomic mass is 32.2. The fourth-order valence-corrected chi connectivity index (χ4v) is 2.98. The van der Waals surface area contributed by atoms with Crippen LogP contribution in [-0.2, 0) is 26.6 Å². The van der Waals surface area contributed by atoms with Gasteiger partial charge in [-0.1, -0.05) is 0 Å². The number of ether oxygens (including phenoxy) is 1. The van der Waals surface area contributed by atoms with Gasteiger partial charge in [0.15, 0.2) is 5.82 Å². The Kier molecular flexibility index (Phi) is 3.97. The summed E-state index contributed by atoms with van der Waals surface area (Å²) in [7, 11) is -1.16. The second-order valence-corrected chi connectivity index (χ2v) is 5.44. The van der Waals surface area contributed by atoms with Crippen molar-refractivity contribution in [2.24, 2.45) is 7.05 Å².